The summed E-state index contributed by atoms with van der Waals surface area (Å²) in [5, 5.41) is 2.34. The molecule has 0 saturated heterocycles. The van der Waals surface area contributed by atoms with Crippen LogP contribution in [0.25, 0.3) is 0 Å². The highest BCUT2D eigenvalue weighted by molar-refractivity contribution is 7.12. The minimum atomic E-state index is 0.0286. The van der Waals surface area contributed by atoms with E-state index in [1.165, 1.54) is 11.3 Å². The van der Waals surface area contributed by atoms with Gasteiger partial charge in [-0.15, -0.1) is 11.3 Å². The van der Waals surface area contributed by atoms with Gasteiger partial charge in [0.15, 0.2) is 5.78 Å². The summed E-state index contributed by atoms with van der Waals surface area (Å²) in [6.45, 7) is 0.372. The van der Waals surface area contributed by atoms with Gasteiger partial charge in [-0.3, -0.25) is 4.79 Å². The molecule has 0 atom stereocenters. The monoisotopic (exact) mass is 266 g/mol. The molecular weight excluding hydrogens is 256 g/mol. The van der Waals surface area contributed by atoms with E-state index in [-0.39, 0.29) is 5.78 Å². The summed E-state index contributed by atoms with van der Waals surface area (Å²) in [5.41, 5.74) is 0. The minimum absolute atomic E-state index is 0.0286. The zero-order valence-electron chi connectivity index (χ0n) is 9.06. The number of ketones is 1. The zero-order chi connectivity index (χ0) is 12.1. The zero-order valence-corrected chi connectivity index (χ0v) is 10.6. The SMILES string of the molecule is O=C(CCOc1ccccc1)c1sccc1Cl. The second-order valence-electron chi connectivity index (χ2n) is 3.43. The molecule has 1 heterocycles. The fourth-order valence-corrected chi connectivity index (χ4v) is 2.52. The van der Waals surface area contributed by atoms with Gasteiger partial charge in [0.05, 0.1) is 16.5 Å². The lowest BCUT2D eigenvalue weighted by atomic mass is 10.2. The lowest BCUT2D eigenvalue weighted by molar-refractivity contribution is 0.0966. The summed E-state index contributed by atoms with van der Waals surface area (Å²) in [5.74, 6) is 0.804. The number of benzene rings is 1. The predicted octanol–water partition coefficient (Wildman–Crippen LogP) is 4.05. The molecule has 4 heteroatoms. The van der Waals surface area contributed by atoms with E-state index in [4.69, 9.17) is 16.3 Å². The van der Waals surface area contributed by atoms with Crippen molar-refractivity contribution in [1.82, 2.24) is 0 Å². The lowest BCUT2D eigenvalue weighted by Crippen LogP contribution is -2.05. The van der Waals surface area contributed by atoms with E-state index < -0.39 is 0 Å². The number of rotatable bonds is 5. The van der Waals surface area contributed by atoms with E-state index in [0.717, 1.165) is 5.75 Å². The van der Waals surface area contributed by atoms with Gasteiger partial charge in [0.25, 0.3) is 0 Å². The van der Waals surface area contributed by atoms with Crippen LogP contribution in [0.15, 0.2) is 41.8 Å². The van der Waals surface area contributed by atoms with E-state index in [1.54, 1.807) is 6.07 Å². The third kappa shape index (κ3) is 3.32. The summed E-state index contributed by atoms with van der Waals surface area (Å²) in [6.07, 6.45) is 0.342. The second kappa shape index (κ2) is 5.84. The van der Waals surface area contributed by atoms with Crippen molar-refractivity contribution in [3.05, 3.63) is 51.7 Å². The van der Waals surface area contributed by atoms with Gasteiger partial charge >= 0.3 is 0 Å². The molecule has 0 spiro atoms. The summed E-state index contributed by atoms with van der Waals surface area (Å²) in [4.78, 5) is 12.4. The number of halogens is 1. The fraction of sp³-hybridized carbons (Fsp3) is 0.154. The van der Waals surface area contributed by atoms with Crippen LogP contribution in [0.1, 0.15) is 16.1 Å². The Balaban J connectivity index is 1.84. The summed E-state index contributed by atoms with van der Waals surface area (Å²) in [6, 6.07) is 11.2. The quantitative estimate of drug-likeness (QED) is 0.763. The molecule has 0 radical (unpaired) electrons. The molecule has 1 aromatic heterocycles. The Morgan fingerprint density at radius 1 is 1.24 bits per heavy atom. The number of carbonyl (C=O) groups excluding carboxylic acids is 1. The Morgan fingerprint density at radius 2 is 2.00 bits per heavy atom. The number of ether oxygens (including phenoxy) is 1. The standard InChI is InChI=1S/C13H11ClO2S/c14-11-7-9-17-13(11)12(15)6-8-16-10-4-2-1-3-5-10/h1-5,7,9H,6,8H2. The summed E-state index contributed by atoms with van der Waals surface area (Å²) >= 11 is 7.25. The van der Waals surface area contributed by atoms with Crippen molar-refractivity contribution < 1.29 is 9.53 Å². The number of hydrogen-bond acceptors (Lipinski definition) is 3. The number of hydrogen-bond donors (Lipinski definition) is 0. The first-order valence-corrected chi connectivity index (χ1v) is 6.47. The molecule has 2 nitrogen and oxygen atoms in total. The Labute approximate surface area is 109 Å². The molecule has 0 aliphatic carbocycles. The molecule has 2 aromatic rings. The maximum absolute atomic E-state index is 11.8. The molecule has 2 rings (SSSR count). The second-order valence-corrected chi connectivity index (χ2v) is 4.76. The first-order valence-electron chi connectivity index (χ1n) is 5.21. The molecule has 0 aliphatic heterocycles. The van der Waals surface area contributed by atoms with Gasteiger partial charge < -0.3 is 4.74 Å². The van der Waals surface area contributed by atoms with Crippen LogP contribution in [-0.4, -0.2) is 12.4 Å². The van der Waals surface area contributed by atoms with E-state index in [0.29, 0.717) is 22.9 Å². The van der Waals surface area contributed by atoms with Gasteiger partial charge in [0.2, 0.25) is 0 Å². The van der Waals surface area contributed by atoms with Gasteiger partial charge in [0.1, 0.15) is 5.75 Å². The maximum atomic E-state index is 11.8. The molecule has 17 heavy (non-hydrogen) atoms. The Hall–Kier alpha value is -1.32. The molecule has 0 N–H and O–H groups in total. The van der Waals surface area contributed by atoms with Gasteiger partial charge in [-0.25, -0.2) is 0 Å². The topological polar surface area (TPSA) is 26.3 Å². The van der Waals surface area contributed by atoms with Crippen LogP contribution in [0.5, 0.6) is 5.75 Å². The highest BCUT2D eigenvalue weighted by Gasteiger charge is 2.11. The average Bonchev–Trinajstić information content (AvgIpc) is 2.77. The Kier molecular flexibility index (Phi) is 4.18. The van der Waals surface area contributed by atoms with Crippen molar-refractivity contribution >= 4 is 28.7 Å². The summed E-state index contributed by atoms with van der Waals surface area (Å²) in [7, 11) is 0. The first kappa shape index (κ1) is 12.1. The molecule has 0 unspecified atom stereocenters. The van der Waals surface area contributed by atoms with Crippen LogP contribution >= 0.6 is 22.9 Å². The number of carbonyl (C=O) groups is 1. The highest BCUT2D eigenvalue weighted by Crippen LogP contribution is 2.23. The molecular formula is C13H11ClO2S. The van der Waals surface area contributed by atoms with Crippen molar-refractivity contribution in [2.24, 2.45) is 0 Å². The van der Waals surface area contributed by atoms with Crippen molar-refractivity contribution in [1.29, 1.82) is 0 Å². The van der Waals surface area contributed by atoms with Gasteiger partial charge in [0, 0.05) is 6.42 Å². The van der Waals surface area contributed by atoms with E-state index in [1.807, 2.05) is 35.7 Å². The van der Waals surface area contributed by atoms with Crippen molar-refractivity contribution in [3.8, 4) is 5.75 Å². The average molecular weight is 267 g/mol. The first-order chi connectivity index (χ1) is 8.27. The predicted molar refractivity (Wildman–Crippen MR) is 70.2 cm³/mol. The third-order valence-electron chi connectivity index (χ3n) is 2.21. The molecule has 1 aromatic carbocycles. The lowest BCUT2D eigenvalue weighted by Gasteiger charge is -2.04. The van der Waals surface area contributed by atoms with Crippen LogP contribution in [0.4, 0.5) is 0 Å². The Bertz CT molecular complexity index is 493. The van der Waals surface area contributed by atoms with E-state index >= 15 is 0 Å². The Morgan fingerprint density at radius 3 is 2.65 bits per heavy atom. The van der Waals surface area contributed by atoms with Crippen LogP contribution in [0.2, 0.25) is 5.02 Å². The van der Waals surface area contributed by atoms with Crippen molar-refractivity contribution in [2.75, 3.05) is 6.61 Å². The van der Waals surface area contributed by atoms with Gasteiger partial charge in [-0.1, -0.05) is 29.8 Å². The van der Waals surface area contributed by atoms with Crippen LogP contribution in [0, 0.1) is 0 Å². The van der Waals surface area contributed by atoms with Crippen LogP contribution in [0.3, 0.4) is 0 Å². The number of thiophene rings is 1. The fourth-order valence-electron chi connectivity index (χ4n) is 1.38. The summed E-state index contributed by atoms with van der Waals surface area (Å²) < 4.78 is 5.46. The van der Waals surface area contributed by atoms with Gasteiger partial charge in [-0.05, 0) is 23.6 Å². The molecule has 0 fully saturated rings. The third-order valence-corrected chi connectivity index (χ3v) is 3.59. The molecule has 0 saturated carbocycles. The maximum Gasteiger partial charge on any atom is 0.177 e. The van der Waals surface area contributed by atoms with Crippen molar-refractivity contribution in [2.45, 2.75) is 6.42 Å². The van der Waals surface area contributed by atoms with Crippen LogP contribution < -0.4 is 4.74 Å². The molecule has 0 bridgehead atoms. The highest BCUT2D eigenvalue weighted by atomic mass is 35.5. The smallest absolute Gasteiger partial charge is 0.177 e. The van der Waals surface area contributed by atoms with E-state index in [2.05, 4.69) is 0 Å². The van der Waals surface area contributed by atoms with E-state index in [9.17, 15) is 4.79 Å². The van der Waals surface area contributed by atoms with Crippen LogP contribution in [-0.2, 0) is 0 Å². The molecule has 0 amide bonds. The largest absolute Gasteiger partial charge is 0.493 e. The number of para-hydroxylation sites is 1. The molecule has 0 aliphatic rings. The molecule has 88 valence electrons. The number of Topliss-reactive ketones (excluding diaryl/α,β-unsaturated/α-hetero) is 1. The van der Waals surface area contributed by atoms with Gasteiger partial charge in [-0.2, -0.15) is 0 Å². The minimum Gasteiger partial charge on any atom is -0.493 e. The van der Waals surface area contributed by atoms with Crippen molar-refractivity contribution in [3.63, 3.8) is 0 Å². The normalized spacial score (nSPS) is 10.2.